The Hall–Kier alpha value is -1.85. The molecular formula is C15H11Cl2F2NO2. The molecule has 0 bridgehead atoms. The molecule has 22 heavy (non-hydrogen) atoms. The van der Waals surface area contributed by atoms with E-state index in [1.807, 2.05) is 0 Å². The first kappa shape index (κ1) is 16.5. The van der Waals surface area contributed by atoms with Crippen LogP contribution in [0.4, 0.5) is 14.5 Å². The third kappa shape index (κ3) is 5.16. The first-order chi connectivity index (χ1) is 10.4. The topological polar surface area (TPSA) is 38.3 Å². The van der Waals surface area contributed by atoms with Crippen LogP contribution < -0.4 is 10.1 Å². The third-order valence-corrected chi connectivity index (χ3v) is 3.10. The molecule has 0 aliphatic carbocycles. The zero-order chi connectivity index (χ0) is 16.1. The van der Waals surface area contributed by atoms with Gasteiger partial charge in [-0.3, -0.25) is 4.79 Å². The van der Waals surface area contributed by atoms with E-state index < -0.39 is 6.61 Å². The van der Waals surface area contributed by atoms with E-state index in [1.165, 1.54) is 12.1 Å². The SMILES string of the molecule is O=C(Cc1ccc(OC(F)F)cc1)Nc1cc(Cl)cc(Cl)c1. The summed E-state index contributed by atoms with van der Waals surface area (Å²) in [7, 11) is 0. The summed E-state index contributed by atoms with van der Waals surface area (Å²) in [5.41, 5.74) is 1.15. The van der Waals surface area contributed by atoms with Crippen LogP contribution in [0.3, 0.4) is 0 Å². The highest BCUT2D eigenvalue weighted by atomic mass is 35.5. The number of nitrogens with one attached hydrogen (secondary N) is 1. The molecule has 2 rings (SSSR count). The fourth-order valence-corrected chi connectivity index (χ4v) is 2.33. The zero-order valence-electron chi connectivity index (χ0n) is 11.2. The van der Waals surface area contributed by atoms with Gasteiger partial charge in [0, 0.05) is 15.7 Å². The van der Waals surface area contributed by atoms with Crippen molar-refractivity contribution in [2.45, 2.75) is 13.0 Å². The molecule has 0 saturated heterocycles. The Morgan fingerprint density at radius 2 is 1.68 bits per heavy atom. The molecule has 116 valence electrons. The lowest BCUT2D eigenvalue weighted by Crippen LogP contribution is -2.14. The summed E-state index contributed by atoms with van der Waals surface area (Å²) in [5.74, 6) is -0.235. The molecule has 3 nitrogen and oxygen atoms in total. The van der Waals surface area contributed by atoms with Crippen LogP contribution in [-0.4, -0.2) is 12.5 Å². The average Bonchev–Trinajstić information content (AvgIpc) is 2.39. The fourth-order valence-electron chi connectivity index (χ4n) is 1.81. The summed E-state index contributed by atoms with van der Waals surface area (Å²) in [4.78, 5) is 11.9. The summed E-state index contributed by atoms with van der Waals surface area (Å²) < 4.78 is 28.3. The van der Waals surface area contributed by atoms with Gasteiger partial charge in [0.25, 0.3) is 0 Å². The molecule has 0 aliphatic heterocycles. The quantitative estimate of drug-likeness (QED) is 0.847. The summed E-state index contributed by atoms with van der Waals surface area (Å²) in [6.07, 6.45) is 0.0824. The average molecular weight is 346 g/mol. The van der Waals surface area contributed by atoms with Crippen molar-refractivity contribution in [3.05, 3.63) is 58.1 Å². The number of carbonyl (C=O) groups excluding carboxylic acids is 1. The van der Waals surface area contributed by atoms with Crippen molar-refractivity contribution in [3.63, 3.8) is 0 Å². The van der Waals surface area contributed by atoms with E-state index in [1.54, 1.807) is 30.3 Å². The first-order valence-electron chi connectivity index (χ1n) is 6.22. The highest BCUT2D eigenvalue weighted by Gasteiger charge is 2.07. The molecule has 0 spiro atoms. The number of anilines is 1. The third-order valence-electron chi connectivity index (χ3n) is 2.66. The van der Waals surface area contributed by atoms with E-state index in [4.69, 9.17) is 23.2 Å². The molecule has 1 N–H and O–H groups in total. The van der Waals surface area contributed by atoms with E-state index in [-0.39, 0.29) is 18.1 Å². The minimum absolute atomic E-state index is 0.0424. The van der Waals surface area contributed by atoms with Gasteiger partial charge < -0.3 is 10.1 Å². The number of amides is 1. The van der Waals surface area contributed by atoms with Crippen molar-refractivity contribution in [2.75, 3.05) is 5.32 Å². The van der Waals surface area contributed by atoms with Crippen LogP contribution in [0.2, 0.25) is 10.0 Å². The second-order valence-electron chi connectivity index (χ2n) is 4.41. The smallest absolute Gasteiger partial charge is 0.387 e. The number of benzene rings is 2. The molecule has 7 heteroatoms. The van der Waals surface area contributed by atoms with Crippen LogP contribution in [-0.2, 0) is 11.2 Å². The maximum Gasteiger partial charge on any atom is 0.387 e. The van der Waals surface area contributed by atoms with E-state index >= 15 is 0 Å². The molecule has 1 amide bonds. The second kappa shape index (κ2) is 7.42. The molecule has 0 aromatic heterocycles. The minimum atomic E-state index is -2.87. The normalized spacial score (nSPS) is 10.6. The zero-order valence-corrected chi connectivity index (χ0v) is 12.7. The van der Waals surface area contributed by atoms with E-state index in [0.717, 1.165) is 0 Å². The van der Waals surface area contributed by atoms with Gasteiger partial charge in [0.15, 0.2) is 0 Å². The summed E-state index contributed by atoms with van der Waals surface area (Å²) >= 11 is 11.7. The van der Waals surface area contributed by atoms with E-state index in [9.17, 15) is 13.6 Å². The van der Waals surface area contributed by atoms with E-state index in [0.29, 0.717) is 21.3 Å². The van der Waals surface area contributed by atoms with Crippen LogP contribution in [0, 0.1) is 0 Å². The molecule has 2 aromatic carbocycles. The van der Waals surface area contributed by atoms with Crippen LogP contribution >= 0.6 is 23.2 Å². The molecule has 0 fully saturated rings. The Kier molecular flexibility index (Phi) is 5.57. The van der Waals surface area contributed by atoms with Crippen molar-refractivity contribution in [1.82, 2.24) is 0 Å². The number of halogens is 4. The van der Waals surface area contributed by atoms with Crippen molar-refractivity contribution in [1.29, 1.82) is 0 Å². The fraction of sp³-hybridized carbons (Fsp3) is 0.133. The molecule has 2 aromatic rings. The number of carbonyl (C=O) groups is 1. The number of hydrogen-bond acceptors (Lipinski definition) is 2. The van der Waals surface area contributed by atoms with Gasteiger partial charge in [-0.25, -0.2) is 0 Å². The van der Waals surface area contributed by atoms with Crippen molar-refractivity contribution < 1.29 is 18.3 Å². The Balaban J connectivity index is 1.96. The highest BCUT2D eigenvalue weighted by Crippen LogP contribution is 2.22. The Morgan fingerprint density at radius 1 is 1.09 bits per heavy atom. The molecule has 0 saturated carbocycles. The number of ether oxygens (including phenoxy) is 1. The van der Waals surface area contributed by atoms with Gasteiger partial charge in [0.1, 0.15) is 5.75 Å². The summed E-state index contributed by atoms with van der Waals surface area (Å²) in [5, 5.41) is 3.49. The summed E-state index contributed by atoms with van der Waals surface area (Å²) in [6, 6.07) is 10.6. The van der Waals surface area contributed by atoms with Gasteiger partial charge in [-0.1, -0.05) is 35.3 Å². The number of rotatable bonds is 5. The lowest BCUT2D eigenvalue weighted by atomic mass is 10.1. The Morgan fingerprint density at radius 3 is 2.23 bits per heavy atom. The first-order valence-corrected chi connectivity index (χ1v) is 6.97. The van der Waals surface area contributed by atoms with Crippen molar-refractivity contribution in [3.8, 4) is 5.75 Å². The lowest BCUT2D eigenvalue weighted by Gasteiger charge is -2.08. The van der Waals surface area contributed by atoms with Crippen molar-refractivity contribution in [2.24, 2.45) is 0 Å². The highest BCUT2D eigenvalue weighted by molar-refractivity contribution is 6.35. The second-order valence-corrected chi connectivity index (χ2v) is 5.28. The molecule has 0 radical (unpaired) electrons. The molecule has 0 aliphatic rings. The monoisotopic (exact) mass is 345 g/mol. The van der Waals surface area contributed by atoms with Gasteiger partial charge in [0.2, 0.25) is 5.91 Å². The molecule has 0 atom stereocenters. The van der Waals surface area contributed by atoms with Crippen LogP contribution in [0.15, 0.2) is 42.5 Å². The number of hydrogen-bond donors (Lipinski definition) is 1. The van der Waals surface area contributed by atoms with Crippen molar-refractivity contribution >= 4 is 34.8 Å². The molecular weight excluding hydrogens is 335 g/mol. The Labute approximate surface area is 135 Å². The minimum Gasteiger partial charge on any atom is -0.435 e. The van der Waals surface area contributed by atoms with Gasteiger partial charge in [-0.15, -0.1) is 0 Å². The standard InChI is InChI=1S/C15H11Cl2F2NO2/c16-10-6-11(17)8-12(7-10)20-14(21)5-9-1-3-13(4-2-9)22-15(18)19/h1-4,6-8,15H,5H2,(H,20,21). The van der Waals surface area contributed by atoms with Gasteiger partial charge in [-0.05, 0) is 35.9 Å². The maximum absolute atomic E-state index is 12.0. The maximum atomic E-state index is 12.0. The van der Waals surface area contributed by atoms with Gasteiger partial charge >= 0.3 is 6.61 Å². The van der Waals surface area contributed by atoms with Gasteiger partial charge in [-0.2, -0.15) is 8.78 Å². The van der Waals surface area contributed by atoms with Crippen LogP contribution in [0.25, 0.3) is 0 Å². The molecule has 0 unspecified atom stereocenters. The van der Waals surface area contributed by atoms with Gasteiger partial charge in [0.05, 0.1) is 6.42 Å². The molecule has 0 heterocycles. The van der Waals surface area contributed by atoms with Crippen LogP contribution in [0.1, 0.15) is 5.56 Å². The van der Waals surface area contributed by atoms with E-state index in [2.05, 4.69) is 10.1 Å². The predicted molar refractivity (Wildman–Crippen MR) is 81.9 cm³/mol. The number of alkyl halides is 2. The predicted octanol–water partition coefficient (Wildman–Crippen LogP) is 4.78. The largest absolute Gasteiger partial charge is 0.435 e. The van der Waals surface area contributed by atoms with Crippen LogP contribution in [0.5, 0.6) is 5.75 Å². The lowest BCUT2D eigenvalue weighted by molar-refractivity contribution is -0.115. The Bertz CT molecular complexity index is 643. The summed E-state index contributed by atoms with van der Waals surface area (Å²) in [6.45, 7) is -2.87.